The Morgan fingerprint density at radius 1 is 1.39 bits per heavy atom. The Labute approximate surface area is 115 Å². The summed E-state index contributed by atoms with van der Waals surface area (Å²) < 4.78 is 0. The number of pyridine rings is 1. The van der Waals surface area contributed by atoms with E-state index in [2.05, 4.69) is 34.9 Å². The average Bonchev–Trinajstić information content (AvgIpc) is 2.34. The van der Waals surface area contributed by atoms with E-state index < -0.39 is 0 Å². The van der Waals surface area contributed by atoms with E-state index in [1.165, 1.54) is 32.5 Å². The highest BCUT2D eigenvalue weighted by Gasteiger charge is 2.20. The number of piperidine rings is 1. The van der Waals surface area contributed by atoms with Gasteiger partial charge in [-0.3, -0.25) is 4.90 Å². The lowest BCUT2D eigenvalue weighted by atomic mass is 9.96. The highest BCUT2D eigenvalue weighted by Crippen LogP contribution is 2.21. The summed E-state index contributed by atoms with van der Waals surface area (Å²) in [6.07, 6.45) is 4.32. The minimum absolute atomic E-state index is 0.646. The average molecular weight is 268 g/mol. The van der Waals surface area contributed by atoms with Gasteiger partial charge in [0.1, 0.15) is 5.15 Å². The van der Waals surface area contributed by atoms with E-state index in [0.717, 1.165) is 18.0 Å². The molecule has 2 heterocycles. The molecule has 3 nitrogen and oxygen atoms in total. The molecule has 0 N–H and O–H groups in total. The topological polar surface area (TPSA) is 19.4 Å². The lowest BCUT2D eigenvalue weighted by Crippen LogP contribution is -2.36. The lowest BCUT2D eigenvalue weighted by molar-refractivity contribution is 0.157. The van der Waals surface area contributed by atoms with Crippen molar-refractivity contribution in [2.45, 2.75) is 19.4 Å². The van der Waals surface area contributed by atoms with Gasteiger partial charge in [0.2, 0.25) is 0 Å². The Balaban J connectivity index is 1.82. The zero-order valence-corrected chi connectivity index (χ0v) is 12.0. The van der Waals surface area contributed by atoms with Crippen LogP contribution in [-0.2, 0) is 6.54 Å². The van der Waals surface area contributed by atoms with Crippen LogP contribution in [0.5, 0.6) is 0 Å². The van der Waals surface area contributed by atoms with Crippen molar-refractivity contribution in [3.05, 3.63) is 29.0 Å². The summed E-state index contributed by atoms with van der Waals surface area (Å²) in [5.41, 5.74) is 1.14. The van der Waals surface area contributed by atoms with E-state index in [0.29, 0.717) is 5.15 Å². The van der Waals surface area contributed by atoms with Crippen LogP contribution in [0.3, 0.4) is 0 Å². The molecule has 1 fully saturated rings. The molecular formula is C14H22ClN3. The van der Waals surface area contributed by atoms with Crippen LogP contribution in [0, 0.1) is 5.92 Å². The van der Waals surface area contributed by atoms with Crippen molar-refractivity contribution in [2.75, 3.05) is 33.7 Å². The van der Waals surface area contributed by atoms with Crippen molar-refractivity contribution in [3.63, 3.8) is 0 Å². The Kier molecular flexibility index (Phi) is 4.98. The molecule has 0 spiro atoms. The fourth-order valence-electron chi connectivity index (χ4n) is 2.62. The van der Waals surface area contributed by atoms with E-state index in [1.807, 2.05) is 6.07 Å². The molecule has 1 aromatic heterocycles. The monoisotopic (exact) mass is 267 g/mol. The molecule has 0 amide bonds. The van der Waals surface area contributed by atoms with Crippen LogP contribution in [0.1, 0.15) is 18.4 Å². The van der Waals surface area contributed by atoms with Crippen molar-refractivity contribution in [1.29, 1.82) is 0 Å². The SMILES string of the molecule is CN(C)CC1CCN(Cc2cccnc2Cl)CC1. The third-order valence-electron chi connectivity index (χ3n) is 3.56. The van der Waals surface area contributed by atoms with Crippen molar-refractivity contribution < 1.29 is 0 Å². The van der Waals surface area contributed by atoms with Gasteiger partial charge >= 0.3 is 0 Å². The number of nitrogens with zero attached hydrogens (tertiary/aromatic N) is 3. The molecule has 100 valence electrons. The minimum atomic E-state index is 0.646. The van der Waals surface area contributed by atoms with Crippen LogP contribution >= 0.6 is 11.6 Å². The molecule has 0 bridgehead atoms. The predicted molar refractivity (Wildman–Crippen MR) is 75.8 cm³/mol. The van der Waals surface area contributed by atoms with Crippen LogP contribution in [0.2, 0.25) is 5.15 Å². The molecule has 2 rings (SSSR count). The van der Waals surface area contributed by atoms with E-state index >= 15 is 0 Å². The van der Waals surface area contributed by atoms with Gasteiger partial charge in [-0.25, -0.2) is 4.98 Å². The quantitative estimate of drug-likeness (QED) is 0.782. The smallest absolute Gasteiger partial charge is 0.133 e. The first-order valence-corrected chi connectivity index (χ1v) is 6.99. The summed E-state index contributed by atoms with van der Waals surface area (Å²) in [5, 5.41) is 0.646. The second-order valence-corrected chi connectivity index (χ2v) is 5.79. The Morgan fingerprint density at radius 3 is 2.72 bits per heavy atom. The fourth-order valence-corrected chi connectivity index (χ4v) is 2.80. The number of likely N-dealkylation sites (tertiary alicyclic amines) is 1. The van der Waals surface area contributed by atoms with E-state index in [1.54, 1.807) is 6.20 Å². The molecule has 0 unspecified atom stereocenters. The Bertz CT molecular complexity index is 373. The van der Waals surface area contributed by atoms with Gasteiger partial charge in [-0.1, -0.05) is 17.7 Å². The van der Waals surface area contributed by atoms with Gasteiger partial charge in [-0.15, -0.1) is 0 Å². The van der Waals surface area contributed by atoms with Crippen molar-refractivity contribution in [1.82, 2.24) is 14.8 Å². The predicted octanol–water partition coefficient (Wildman–Crippen LogP) is 2.51. The van der Waals surface area contributed by atoms with Crippen molar-refractivity contribution in [3.8, 4) is 0 Å². The molecule has 1 aliphatic heterocycles. The van der Waals surface area contributed by atoms with Crippen LogP contribution < -0.4 is 0 Å². The van der Waals surface area contributed by atoms with Gasteiger partial charge in [0.05, 0.1) is 0 Å². The summed E-state index contributed by atoms with van der Waals surface area (Å²) in [5.74, 6) is 0.848. The maximum absolute atomic E-state index is 6.10. The second-order valence-electron chi connectivity index (χ2n) is 5.44. The lowest BCUT2D eigenvalue weighted by Gasteiger charge is -2.33. The summed E-state index contributed by atoms with van der Waals surface area (Å²) in [6, 6.07) is 4.03. The Hall–Kier alpha value is -0.640. The van der Waals surface area contributed by atoms with Crippen LogP contribution in [0.4, 0.5) is 0 Å². The first-order chi connectivity index (χ1) is 8.65. The first-order valence-electron chi connectivity index (χ1n) is 6.61. The third kappa shape index (κ3) is 3.94. The number of hydrogen-bond acceptors (Lipinski definition) is 3. The fraction of sp³-hybridized carbons (Fsp3) is 0.643. The zero-order valence-electron chi connectivity index (χ0n) is 11.3. The molecule has 1 aliphatic rings. The molecule has 18 heavy (non-hydrogen) atoms. The molecule has 1 saturated heterocycles. The van der Waals surface area contributed by atoms with E-state index in [9.17, 15) is 0 Å². The largest absolute Gasteiger partial charge is 0.309 e. The molecule has 0 aliphatic carbocycles. The minimum Gasteiger partial charge on any atom is -0.309 e. The van der Waals surface area contributed by atoms with Crippen LogP contribution in [-0.4, -0.2) is 48.5 Å². The third-order valence-corrected chi connectivity index (χ3v) is 3.90. The van der Waals surface area contributed by atoms with E-state index in [4.69, 9.17) is 11.6 Å². The number of rotatable bonds is 4. The molecule has 0 radical (unpaired) electrons. The summed E-state index contributed by atoms with van der Waals surface area (Å²) in [7, 11) is 4.31. The number of aromatic nitrogens is 1. The van der Waals surface area contributed by atoms with Crippen LogP contribution in [0.15, 0.2) is 18.3 Å². The molecular weight excluding hydrogens is 246 g/mol. The van der Waals surface area contributed by atoms with Gasteiger partial charge in [0.15, 0.2) is 0 Å². The molecule has 0 saturated carbocycles. The highest BCUT2D eigenvalue weighted by molar-refractivity contribution is 6.30. The maximum atomic E-state index is 6.10. The van der Waals surface area contributed by atoms with Gasteiger partial charge in [0, 0.05) is 24.8 Å². The summed E-state index contributed by atoms with van der Waals surface area (Å²) in [4.78, 5) is 8.90. The Morgan fingerprint density at radius 2 is 2.11 bits per heavy atom. The normalized spacial score (nSPS) is 18.4. The van der Waals surface area contributed by atoms with Gasteiger partial charge in [-0.05, 0) is 52.0 Å². The zero-order chi connectivity index (χ0) is 13.0. The standard InChI is InChI=1S/C14H22ClN3/c1-17(2)10-12-5-8-18(9-6-12)11-13-4-3-7-16-14(13)15/h3-4,7,12H,5-6,8-11H2,1-2H3. The van der Waals surface area contributed by atoms with Crippen molar-refractivity contribution >= 4 is 11.6 Å². The first kappa shape index (κ1) is 13.8. The molecule has 0 atom stereocenters. The highest BCUT2D eigenvalue weighted by atomic mass is 35.5. The summed E-state index contributed by atoms with van der Waals surface area (Å²) >= 11 is 6.10. The summed E-state index contributed by atoms with van der Waals surface area (Å²) in [6.45, 7) is 4.48. The molecule has 1 aromatic rings. The molecule has 0 aromatic carbocycles. The van der Waals surface area contributed by atoms with Crippen LogP contribution in [0.25, 0.3) is 0 Å². The molecule has 4 heteroatoms. The van der Waals surface area contributed by atoms with Crippen molar-refractivity contribution in [2.24, 2.45) is 5.92 Å². The van der Waals surface area contributed by atoms with Gasteiger partial charge in [-0.2, -0.15) is 0 Å². The second kappa shape index (κ2) is 6.50. The van der Waals surface area contributed by atoms with Gasteiger partial charge < -0.3 is 4.90 Å². The van der Waals surface area contributed by atoms with Gasteiger partial charge in [0.25, 0.3) is 0 Å². The number of hydrogen-bond donors (Lipinski definition) is 0. The van der Waals surface area contributed by atoms with E-state index in [-0.39, 0.29) is 0 Å². The maximum Gasteiger partial charge on any atom is 0.133 e. The number of halogens is 1.